The molecule has 0 atom stereocenters. The molecule has 1 aromatic carbocycles. The monoisotopic (exact) mass is 296 g/mol. The number of amides is 2. The van der Waals surface area contributed by atoms with Crippen molar-refractivity contribution in [1.82, 2.24) is 5.32 Å². The Hall–Kier alpha value is -1.53. The topological polar surface area (TPSA) is 67.4 Å². The zero-order chi connectivity index (χ0) is 14.8. The fraction of sp³-hybridized carbons (Fsp3) is 0.429. The molecule has 2 N–H and O–H groups in total. The quantitative estimate of drug-likeness (QED) is 0.458. The highest BCUT2D eigenvalue weighted by Crippen LogP contribution is 2.18. The van der Waals surface area contributed by atoms with Gasteiger partial charge in [-0.15, -0.1) is 11.8 Å². The predicted octanol–water partition coefficient (Wildman–Crippen LogP) is 1.89. The number of carbonyl (C=O) groups is 2. The molecule has 0 heterocycles. The van der Waals surface area contributed by atoms with Gasteiger partial charge in [0.2, 0.25) is 0 Å². The Morgan fingerprint density at radius 1 is 1.30 bits per heavy atom. The van der Waals surface area contributed by atoms with Crippen LogP contribution in [0, 0.1) is 0 Å². The standard InChI is InChI=1S/C14H20N2O3S/c1-3-19-9-5-8-15-13(17)14(18)16-11-6-4-7-12(10-11)20-2/h4,6-7,10H,3,5,8-9H2,1-2H3,(H,15,17)(H,16,18). The second kappa shape index (κ2) is 9.39. The number of thioether (sulfide) groups is 1. The van der Waals surface area contributed by atoms with Gasteiger partial charge >= 0.3 is 11.8 Å². The first-order valence-corrected chi connectivity index (χ1v) is 7.70. The maximum atomic E-state index is 11.7. The van der Waals surface area contributed by atoms with Crippen molar-refractivity contribution < 1.29 is 14.3 Å². The van der Waals surface area contributed by atoms with E-state index in [1.54, 1.807) is 17.8 Å². The van der Waals surface area contributed by atoms with Gasteiger partial charge in [0.25, 0.3) is 0 Å². The molecule has 1 aromatic rings. The van der Waals surface area contributed by atoms with Crippen molar-refractivity contribution in [2.45, 2.75) is 18.2 Å². The Kier molecular flexibility index (Phi) is 7.75. The minimum Gasteiger partial charge on any atom is -0.382 e. The number of anilines is 1. The highest BCUT2D eigenvalue weighted by molar-refractivity contribution is 7.98. The van der Waals surface area contributed by atoms with Crippen LogP contribution in [-0.4, -0.2) is 37.8 Å². The van der Waals surface area contributed by atoms with E-state index in [-0.39, 0.29) is 0 Å². The first kappa shape index (κ1) is 16.5. The molecule has 2 amide bonds. The van der Waals surface area contributed by atoms with Crippen molar-refractivity contribution in [2.75, 3.05) is 31.3 Å². The molecule has 0 fully saturated rings. The third-order valence-corrected chi connectivity index (χ3v) is 3.21. The molecule has 0 radical (unpaired) electrons. The molecule has 0 saturated carbocycles. The lowest BCUT2D eigenvalue weighted by Crippen LogP contribution is -2.36. The minimum absolute atomic E-state index is 0.428. The van der Waals surface area contributed by atoms with Gasteiger partial charge in [-0.25, -0.2) is 0 Å². The summed E-state index contributed by atoms with van der Waals surface area (Å²) in [6.45, 7) is 3.57. The van der Waals surface area contributed by atoms with Gasteiger partial charge in [-0.3, -0.25) is 9.59 Å². The van der Waals surface area contributed by atoms with Gasteiger partial charge in [0, 0.05) is 30.3 Å². The first-order valence-electron chi connectivity index (χ1n) is 6.48. The van der Waals surface area contributed by atoms with Crippen LogP contribution in [0.2, 0.25) is 0 Å². The van der Waals surface area contributed by atoms with Crippen molar-refractivity contribution in [3.8, 4) is 0 Å². The summed E-state index contributed by atoms with van der Waals surface area (Å²) in [7, 11) is 0. The molecule has 0 bridgehead atoms. The average molecular weight is 296 g/mol. The lowest BCUT2D eigenvalue weighted by atomic mass is 10.3. The van der Waals surface area contributed by atoms with Crippen LogP contribution < -0.4 is 10.6 Å². The lowest BCUT2D eigenvalue weighted by Gasteiger charge is -2.07. The molecule has 0 aliphatic carbocycles. The maximum absolute atomic E-state index is 11.7. The molecule has 0 aromatic heterocycles. The van der Waals surface area contributed by atoms with Crippen LogP contribution in [0.25, 0.3) is 0 Å². The molecule has 0 aliphatic rings. The Morgan fingerprint density at radius 2 is 2.10 bits per heavy atom. The van der Waals surface area contributed by atoms with Crippen molar-refractivity contribution in [3.05, 3.63) is 24.3 Å². The fourth-order valence-electron chi connectivity index (χ4n) is 1.49. The van der Waals surface area contributed by atoms with E-state index in [1.807, 2.05) is 31.4 Å². The molecule has 5 nitrogen and oxygen atoms in total. The molecule has 1 rings (SSSR count). The van der Waals surface area contributed by atoms with E-state index in [9.17, 15) is 9.59 Å². The average Bonchev–Trinajstić information content (AvgIpc) is 2.47. The summed E-state index contributed by atoms with van der Waals surface area (Å²) in [6, 6.07) is 7.35. The van der Waals surface area contributed by atoms with E-state index in [1.165, 1.54) is 0 Å². The highest BCUT2D eigenvalue weighted by Gasteiger charge is 2.12. The van der Waals surface area contributed by atoms with E-state index in [2.05, 4.69) is 10.6 Å². The van der Waals surface area contributed by atoms with Crippen molar-refractivity contribution in [2.24, 2.45) is 0 Å². The Morgan fingerprint density at radius 3 is 2.80 bits per heavy atom. The van der Waals surface area contributed by atoms with Crippen LogP contribution >= 0.6 is 11.8 Å². The van der Waals surface area contributed by atoms with Crippen LogP contribution in [-0.2, 0) is 14.3 Å². The summed E-state index contributed by atoms with van der Waals surface area (Å²) < 4.78 is 5.14. The van der Waals surface area contributed by atoms with E-state index in [4.69, 9.17) is 4.74 Å². The van der Waals surface area contributed by atoms with E-state index < -0.39 is 11.8 Å². The Bertz CT molecular complexity index is 452. The van der Waals surface area contributed by atoms with Crippen LogP contribution in [0.1, 0.15) is 13.3 Å². The number of rotatable bonds is 7. The van der Waals surface area contributed by atoms with E-state index >= 15 is 0 Å². The van der Waals surface area contributed by atoms with Gasteiger partial charge < -0.3 is 15.4 Å². The fourth-order valence-corrected chi connectivity index (χ4v) is 1.95. The van der Waals surface area contributed by atoms with Crippen LogP contribution in [0.5, 0.6) is 0 Å². The first-order chi connectivity index (χ1) is 9.67. The number of hydrogen-bond acceptors (Lipinski definition) is 4. The highest BCUT2D eigenvalue weighted by atomic mass is 32.2. The van der Waals surface area contributed by atoms with E-state index in [0.29, 0.717) is 31.9 Å². The summed E-state index contributed by atoms with van der Waals surface area (Å²) >= 11 is 1.57. The normalized spacial score (nSPS) is 10.1. The largest absolute Gasteiger partial charge is 0.382 e. The molecule has 0 saturated heterocycles. The van der Waals surface area contributed by atoms with Crippen LogP contribution in [0.3, 0.4) is 0 Å². The third kappa shape index (κ3) is 6.08. The number of nitrogens with one attached hydrogen (secondary N) is 2. The molecular weight excluding hydrogens is 276 g/mol. The van der Waals surface area contributed by atoms with Crippen molar-refractivity contribution >= 4 is 29.3 Å². The molecule has 110 valence electrons. The molecule has 20 heavy (non-hydrogen) atoms. The van der Waals surface area contributed by atoms with Crippen LogP contribution in [0.4, 0.5) is 5.69 Å². The summed E-state index contributed by atoms with van der Waals surface area (Å²) in [6.07, 6.45) is 2.64. The second-order valence-corrected chi connectivity index (χ2v) is 4.87. The SMILES string of the molecule is CCOCCCNC(=O)C(=O)Nc1cccc(SC)c1. The summed E-state index contributed by atoms with van der Waals surface area (Å²) in [5, 5.41) is 5.13. The zero-order valence-corrected chi connectivity index (χ0v) is 12.6. The number of benzene rings is 1. The van der Waals surface area contributed by atoms with E-state index in [0.717, 1.165) is 4.90 Å². The van der Waals surface area contributed by atoms with Gasteiger partial charge in [0.15, 0.2) is 0 Å². The molecular formula is C14H20N2O3S. The van der Waals surface area contributed by atoms with Gasteiger partial charge in [-0.1, -0.05) is 6.07 Å². The molecule has 0 aliphatic heterocycles. The molecule has 6 heteroatoms. The zero-order valence-electron chi connectivity index (χ0n) is 11.8. The summed E-state index contributed by atoms with van der Waals surface area (Å²) in [5.41, 5.74) is 0.617. The van der Waals surface area contributed by atoms with Gasteiger partial charge in [0.05, 0.1) is 0 Å². The predicted molar refractivity (Wildman–Crippen MR) is 81.0 cm³/mol. The number of ether oxygens (including phenoxy) is 1. The lowest BCUT2D eigenvalue weighted by molar-refractivity contribution is -0.136. The number of carbonyl (C=O) groups excluding carboxylic acids is 2. The second-order valence-electron chi connectivity index (χ2n) is 3.99. The van der Waals surface area contributed by atoms with Gasteiger partial charge in [0.1, 0.15) is 0 Å². The van der Waals surface area contributed by atoms with Gasteiger partial charge in [-0.05, 0) is 37.8 Å². The smallest absolute Gasteiger partial charge is 0.313 e. The van der Waals surface area contributed by atoms with Crippen LogP contribution in [0.15, 0.2) is 29.2 Å². The number of hydrogen-bond donors (Lipinski definition) is 2. The Balaban J connectivity index is 2.35. The van der Waals surface area contributed by atoms with Gasteiger partial charge in [-0.2, -0.15) is 0 Å². The minimum atomic E-state index is -0.653. The van der Waals surface area contributed by atoms with Crippen molar-refractivity contribution in [1.29, 1.82) is 0 Å². The molecule has 0 unspecified atom stereocenters. The van der Waals surface area contributed by atoms with Crippen molar-refractivity contribution in [3.63, 3.8) is 0 Å². The molecule has 0 spiro atoms. The summed E-state index contributed by atoms with van der Waals surface area (Å²) in [5.74, 6) is -1.28. The summed E-state index contributed by atoms with van der Waals surface area (Å²) in [4.78, 5) is 24.3. The maximum Gasteiger partial charge on any atom is 0.313 e. The Labute approximate surface area is 123 Å². The third-order valence-electron chi connectivity index (χ3n) is 2.49.